The fourth-order valence-electron chi connectivity index (χ4n) is 3.02. The molecule has 0 atom stereocenters. The van der Waals surface area contributed by atoms with Crippen LogP contribution in [0.1, 0.15) is 67.7 Å². The van der Waals surface area contributed by atoms with Crippen molar-refractivity contribution < 1.29 is 14.3 Å². The first kappa shape index (κ1) is 18.4. The number of amides is 1. The molecule has 1 amide bonds. The van der Waals surface area contributed by atoms with Crippen LogP contribution in [0.3, 0.4) is 0 Å². The Balaban J connectivity index is 2.02. The molecule has 2 heterocycles. The van der Waals surface area contributed by atoms with E-state index in [1.807, 2.05) is 17.7 Å². The van der Waals surface area contributed by atoms with Gasteiger partial charge in [-0.15, -0.1) is 0 Å². The summed E-state index contributed by atoms with van der Waals surface area (Å²) in [5.41, 5.74) is 2.82. The van der Waals surface area contributed by atoms with Crippen LogP contribution in [-0.4, -0.2) is 40.3 Å². The molecule has 26 heavy (non-hydrogen) atoms. The molecule has 0 unspecified atom stereocenters. The normalized spacial score (nSPS) is 14.5. The van der Waals surface area contributed by atoms with Gasteiger partial charge in [-0.2, -0.15) is 5.10 Å². The number of hydrogen-bond acceptors (Lipinski definition) is 5. The van der Waals surface area contributed by atoms with Crippen molar-refractivity contribution >= 4 is 22.9 Å². The van der Waals surface area contributed by atoms with E-state index in [0.717, 1.165) is 35.3 Å². The van der Waals surface area contributed by atoms with Crippen molar-refractivity contribution in [3.63, 3.8) is 0 Å². The number of fused-ring (bicyclic) bond motifs is 1. The molecule has 0 bridgehead atoms. The van der Waals surface area contributed by atoms with Crippen molar-refractivity contribution in [1.29, 1.82) is 0 Å². The van der Waals surface area contributed by atoms with Crippen LogP contribution in [0.4, 0.5) is 0 Å². The lowest BCUT2D eigenvalue weighted by atomic mass is 10.1. The Bertz CT molecular complexity index is 860. The minimum absolute atomic E-state index is 0.145. The monoisotopic (exact) mass is 358 g/mol. The van der Waals surface area contributed by atoms with E-state index in [-0.39, 0.29) is 30.4 Å². The number of esters is 1. The number of nitrogens with zero attached hydrogens (tertiary/aromatic N) is 3. The maximum Gasteiger partial charge on any atom is 0.307 e. The molecule has 3 rings (SSSR count). The second kappa shape index (κ2) is 6.70. The van der Waals surface area contributed by atoms with E-state index in [4.69, 9.17) is 4.98 Å². The number of nitrogens with one attached hydrogen (secondary N) is 1. The highest BCUT2D eigenvalue weighted by Gasteiger charge is 2.30. The summed E-state index contributed by atoms with van der Waals surface area (Å²) in [6.45, 7) is 8.34. The van der Waals surface area contributed by atoms with E-state index in [1.54, 1.807) is 0 Å². The average molecular weight is 358 g/mol. The number of aromatic nitrogens is 3. The molecule has 140 valence electrons. The number of carbonyl (C=O) groups excluding carboxylic acids is 2. The van der Waals surface area contributed by atoms with Gasteiger partial charge in [-0.1, -0.05) is 0 Å². The number of methoxy groups -OCH3 is 1. The van der Waals surface area contributed by atoms with Crippen LogP contribution >= 0.6 is 0 Å². The molecule has 1 aliphatic carbocycles. The van der Waals surface area contributed by atoms with Crippen molar-refractivity contribution in [2.24, 2.45) is 0 Å². The van der Waals surface area contributed by atoms with Gasteiger partial charge in [-0.05, 0) is 46.6 Å². The van der Waals surface area contributed by atoms with Crippen molar-refractivity contribution in [1.82, 2.24) is 20.1 Å². The molecule has 1 fully saturated rings. The van der Waals surface area contributed by atoms with Crippen LogP contribution in [0.5, 0.6) is 0 Å². The highest BCUT2D eigenvalue weighted by atomic mass is 16.5. The molecule has 0 spiro atoms. The fourth-order valence-corrected chi connectivity index (χ4v) is 3.02. The van der Waals surface area contributed by atoms with Gasteiger partial charge in [0.25, 0.3) is 5.91 Å². The Morgan fingerprint density at radius 2 is 2.04 bits per heavy atom. The summed E-state index contributed by atoms with van der Waals surface area (Å²) in [6.07, 6.45) is 2.35. The minimum atomic E-state index is -0.347. The quantitative estimate of drug-likeness (QED) is 0.831. The zero-order valence-electron chi connectivity index (χ0n) is 16.0. The smallest absolute Gasteiger partial charge is 0.307 e. The van der Waals surface area contributed by atoms with E-state index in [1.165, 1.54) is 7.11 Å². The lowest BCUT2D eigenvalue weighted by Gasteiger charge is -2.20. The SMILES string of the molecule is COC(=O)CCNC(=O)c1cc(C2CC2)nc2c1c(C)nn2C(C)(C)C. The molecule has 1 saturated carbocycles. The van der Waals surface area contributed by atoms with Crippen LogP contribution in [0, 0.1) is 6.92 Å². The van der Waals surface area contributed by atoms with Gasteiger partial charge < -0.3 is 10.1 Å². The molecule has 1 aliphatic rings. The van der Waals surface area contributed by atoms with Gasteiger partial charge >= 0.3 is 5.97 Å². The van der Waals surface area contributed by atoms with Crippen LogP contribution in [-0.2, 0) is 15.1 Å². The fraction of sp³-hybridized carbons (Fsp3) is 0.579. The number of rotatable bonds is 5. The first-order valence-corrected chi connectivity index (χ1v) is 8.98. The summed E-state index contributed by atoms with van der Waals surface area (Å²) in [6, 6.07) is 1.88. The van der Waals surface area contributed by atoms with Gasteiger partial charge in [0.05, 0.1) is 35.7 Å². The summed E-state index contributed by atoms with van der Waals surface area (Å²) >= 11 is 0. The number of ether oxygens (including phenoxy) is 1. The van der Waals surface area contributed by atoms with Gasteiger partial charge in [-0.3, -0.25) is 9.59 Å². The Hall–Kier alpha value is -2.44. The molecular formula is C19H26N4O3. The standard InChI is InChI=1S/C19H26N4O3/c1-11-16-13(18(25)20-9-8-15(24)26-5)10-14(12-6-7-12)21-17(16)23(22-11)19(2,3)4/h10,12H,6-9H2,1-5H3,(H,20,25). The molecule has 7 nitrogen and oxygen atoms in total. The van der Waals surface area contributed by atoms with E-state index in [2.05, 4.69) is 35.9 Å². The first-order valence-electron chi connectivity index (χ1n) is 8.98. The molecular weight excluding hydrogens is 332 g/mol. The second-order valence-electron chi connectivity index (χ2n) is 7.82. The van der Waals surface area contributed by atoms with E-state index >= 15 is 0 Å². The number of hydrogen-bond donors (Lipinski definition) is 1. The van der Waals surface area contributed by atoms with Crippen LogP contribution < -0.4 is 5.32 Å². The predicted octanol–water partition coefficient (Wildman–Crippen LogP) is 2.67. The zero-order valence-corrected chi connectivity index (χ0v) is 16.0. The summed E-state index contributed by atoms with van der Waals surface area (Å²) in [7, 11) is 1.34. The highest BCUT2D eigenvalue weighted by molar-refractivity contribution is 6.06. The maximum absolute atomic E-state index is 12.8. The topological polar surface area (TPSA) is 86.1 Å². The second-order valence-corrected chi connectivity index (χ2v) is 7.82. The average Bonchev–Trinajstić information content (AvgIpc) is 3.37. The minimum Gasteiger partial charge on any atom is -0.469 e. The molecule has 0 aliphatic heterocycles. The Morgan fingerprint density at radius 1 is 1.35 bits per heavy atom. The van der Waals surface area contributed by atoms with Crippen molar-refractivity contribution in [2.75, 3.05) is 13.7 Å². The van der Waals surface area contributed by atoms with Gasteiger partial charge in [0.15, 0.2) is 5.65 Å². The highest BCUT2D eigenvalue weighted by Crippen LogP contribution is 2.40. The van der Waals surface area contributed by atoms with Crippen molar-refractivity contribution in [3.8, 4) is 0 Å². The molecule has 0 saturated heterocycles. The summed E-state index contributed by atoms with van der Waals surface area (Å²) in [5, 5.41) is 8.24. The summed E-state index contributed by atoms with van der Waals surface area (Å²) in [4.78, 5) is 28.9. The third-order valence-corrected chi connectivity index (χ3v) is 4.55. The lowest BCUT2D eigenvalue weighted by Crippen LogP contribution is -2.27. The van der Waals surface area contributed by atoms with Gasteiger partial charge in [0.2, 0.25) is 0 Å². The molecule has 0 radical (unpaired) electrons. The third kappa shape index (κ3) is 3.57. The number of pyridine rings is 1. The van der Waals surface area contributed by atoms with Gasteiger partial charge in [-0.25, -0.2) is 9.67 Å². The van der Waals surface area contributed by atoms with Gasteiger partial charge in [0.1, 0.15) is 0 Å². The van der Waals surface area contributed by atoms with Crippen LogP contribution in [0.2, 0.25) is 0 Å². The molecule has 2 aromatic heterocycles. The van der Waals surface area contributed by atoms with Crippen LogP contribution in [0.15, 0.2) is 6.07 Å². The van der Waals surface area contributed by atoms with Gasteiger partial charge in [0, 0.05) is 18.2 Å². The van der Waals surface area contributed by atoms with Crippen molar-refractivity contribution in [3.05, 3.63) is 23.0 Å². The Labute approximate surface area is 153 Å². The number of carbonyl (C=O) groups is 2. The lowest BCUT2D eigenvalue weighted by molar-refractivity contribution is -0.140. The Kier molecular flexibility index (Phi) is 4.73. The summed E-state index contributed by atoms with van der Waals surface area (Å²) in [5.74, 6) is -0.134. The summed E-state index contributed by atoms with van der Waals surface area (Å²) < 4.78 is 6.51. The van der Waals surface area contributed by atoms with Crippen LogP contribution in [0.25, 0.3) is 11.0 Å². The maximum atomic E-state index is 12.8. The van der Waals surface area contributed by atoms with Crippen molar-refractivity contribution in [2.45, 2.75) is 58.4 Å². The predicted molar refractivity (Wildman–Crippen MR) is 98.2 cm³/mol. The Morgan fingerprint density at radius 3 is 2.62 bits per heavy atom. The molecule has 0 aromatic carbocycles. The van der Waals surface area contributed by atoms with E-state index in [0.29, 0.717) is 11.5 Å². The zero-order chi connectivity index (χ0) is 19.1. The molecule has 7 heteroatoms. The first-order chi connectivity index (χ1) is 12.2. The molecule has 1 N–H and O–H groups in total. The van der Waals surface area contributed by atoms with E-state index in [9.17, 15) is 9.59 Å². The molecule has 2 aromatic rings. The van der Waals surface area contributed by atoms with E-state index < -0.39 is 0 Å². The third-order valence-electron chi connectivity index (χ3n) is 4.55. The largest absolute Gasteiger partial charge is 0.469 e. The number of aryl methyl sites for hydroxylation is 1.